The molecule has 5 nitrogen and oxygen atoms in total. The lowest BCUT2D eigenvalue weighted by atomic mass is 10.2. The number of methoxy groups -OCH3 is 1. The predicted octanol–water partition coefficient (Wildman–Crippen LogP) is 0.735. The second kappa shape index (κ2) is 5.30. The molecule has 0 aromatic heterocycles. The van der Waals surface area contributed by atoms with Gasteiger partial charge in [-0.1, -0.05) is 0 Å². The molecule has 16 heavy (non-hydrogen) atoms. The zero-order valence-corrected chi connectivity index (χ0v) is 10.4. The number of hydrogen-bond acceptors (Lipinski definition) is 5. The minimum Gasteiger partial charge on any atom is -0.484 e. The number of aliphatic imine (C=N–C) groups is 1. The number of carbonyl (C=O) groups is 1. The number of rotatable bonds is 1. The zero-order valence-electron chi connectivity index (χ0n) is 10.4. The Balaban J connectivity index is 2.54. The fourth-order valence-corrected chi connectivity index (χ4v) is 1.39. The van der Waals surface area contributed by atoms with Crippen molar-refractivity contribution in [3.8, 4) is 0 Å². The van der Waals surface area contributed by atoms with Crippen LogP contribution in [0.1, 0.15) is 27.2 Å². The first kappa shape index (κ1) is 13.0. The molecule has 1 heterocycles. The van der Waals surface area contributed by atoms with E-state index in [1.54, 1.807) is 7.11 Å². The first-order valence-corrected chi connectivity index (χ1v) is 5.46. The number of hydrogen-bond donors (Lipinski definition) is 1. The number of nitrogens with zero attached hydrogens (tertiary/aromatic N) is 1. The Morgan fingerprint density at radius 3 is 2.75 bits per heavy atom. The highest BCUT2D eigenvalue weighted by Gasteiger charge is 2.26. The first-order valence-electron chi connectivity index (χ1n) is 5.46. The molecule has 0 aliphatic carbocycles. The van der Waals surface area contributed by atoms with E-state index in [9.17, 15) is 4.79 Å². The van der Waals surface area contributed by atoms with Crippen LogP contribution < -0.4 is 5.32 Å². The van der Waals surface area contributed by atoms with E-state index in [0.717, 1.165) is 0 Å². The van der Waals surface area contributed by atoms with Gasteiger partial charge in [-0.15, -0.1) is 0 Å². The van der Waals surface area contributed by atoms with Gasteiger partial charge < -0.3 is 14.8 Å². The Hall–Kier alpha value is -1.10. The molecule has 0 aromatic rings. The van der Waals surface area contributed by atoms with Gasteiger partial charge in [-0.05, 0) is 20.8 Å². The van der Waals surface area contributed by atoms with Gasteiger partial charge in [0.1, 0.15) is 11.6 Å². The van der Waals surface area contributed by atoms with E-state index in [4.69, 9.17) is 9.47 Å². The maximum atomic E-state index is 11.8. The topological polar surface area (TPSA) is 59.9 Å². The van der Waals surface area contributed by atoms with Crippen LogP contribution in [0.25, 0.3) is 0 Å². The van der Waals surface area contributed by atoms with Crippen LogP contribution in [0.2, 0.25) is 0 Å². The highest BCUT2D eigenvalue weighted by molar-refractivity contribution is 5.80. The van der Waals surface area contributed by atoms with Crippen LogP contribution >= 0.6 is 0 Å². The molecule has 0 spiro atoms. The van der Waals surface area contributed by atoms with Crippen LogP contribution in [0.15, 0.2) is 4.99 Å². The lowest BCUT2D eigenvalue weighted by Crippen LogP contribution is -2.42. The van der Waals surface area contributed by atoms with Crippen LogP contribution in [0, 0.1) is 0 Å². The van der Waals surface area contributed by atoms with Crippen molar-refractivity contribution in [2.75, 3.05) is 20.2 Å². The van der Waals surface area contributed by atoms with E-state index in [-0.39, 0.29) is 12.0 Å². The maximum Gasteiger partial charge on any atom is 0.325 e. The molecule has 0 bridgehead atoms. The van der Waals surface area contributed by atoms with E-state index in [1.165, 1.54) is 0 Å². The lowest BCUT2D eigenvalue weighted by molar-refractivity contribution is -0.157. The number of carbonyl (C=O) groups excluding carboxylic acids is 1. The molecule has 1 atom stereocenters. The number of ether oxygens (including phenoxy) is 2. The van der Waals surface area contributed by atoms with Gasteiger partial charge in [0.05, 0.1) is 13.7 Å². The summed E-state index contributed by atoms with van der Waals surface area (Å²) in [5.41, 5.74) is -0.459. The van der Waals surface area contributed by atoms with Crippen LogP contribution in [-0.4, -0.2) is 43.7 Å². The van der Waals surface area contributed by atoms with Crippen molar-refractivity contribution in [2.24, 2.45) is 4.99 Å². The molecule has 0 aromatic carbocycles. The maximum absolute atomic E-state index is 11.8. The van der Waals surface area contributed by atoms with Crippen molar-refractivity contribution in [1.29, 1.82) is 0 Å². The first-order chi connectivity index (χ1) is 7.42. The molecular weight excluding hydrogens is 208 g/mol. The van der Waals surface area contributed by atoms with Gasteiger partial charge in [-0.25, -0.2) is 0 Å². The quantitative estimate of drug-likeness (QED) is 0.672. The predicted molar refractivity (Wildman–Crippen MR) is 61.6 cm³/mol. The van der Waals surface area contributed by atoms with Gasteiger partial charge in [-0.2, -0.15) is 0 Å². The third kappa shape index (κ3) is 4.18. The summed E-state index contributed by atoms with van der Waals surface area (Å²) in [6.07, 6.45) is 0.704. The molecule has 5 heteroatoms. The minimum atomic E-state index is -0.459. The van der Waals surface area contributed by atoms with Crippen LogP contribution in [0.4, 0.5) is 0 Å². The average molecular weight is 228 g/mol. The van der Waals surface area contributed by atoms with Gasteiger partial charge in [0.25, 0.3) is 0 Å². The van der Waals surface area contributed by atoms with Crippen molar-refractivity contribution >= 4 is 11.9 Å². The van der Waals surface area contributed by atoms with Gasteiger partial charge in [0.2, 0.25) is 0 Å². The van der Waals surface area contributed by atoms with Gasteiger partial charge >= 0.3 is 5.97 Å². The third-order valence-electron chi connectivity index (χ3n) is 2.11. The normalized spacial score (nSPS) is 22.0. The number of esters is 1. The summed E-state index contributed by atoms with van der Waals surface area (Å²) < 4.78 is 10.3. The fourth-order valence-electron chi connectivity index (χ4n) is 1.39. The van der Waals surface area contributed by atoms with Crippen molar-refractivity contribution in [3.63, 3.8) is 0 Å². The van der Waals surface area contributed by atoms with E-state index in [1.807, 2.05) is 20.8 Å². The van der Waals surface area contributed by atoms with E-state index in [2.05, 4.69) is 10.3 Å². The van der Waals surface area contributed by atoms with Gasteiger partial charge in [0, 0.05) is 13.0 Å². The summed E-state index contributed by atoms with van der Waals surface area (Å²) in [6, 6.07) is -0.369. The Morgan fingerprint density at radius 1 is 1.50 bits per heavy atom. The Labute approximate surface area is 96.2 Å². The minimum absolute atomic E-state index is 0.256. The summed E-state index contributed by atoms with van der Waals surface area (Å²) in [4.78, 5) is 16.0. The van der Waals surface area contributed by atoms with E-state index in [0.29, 0.717) is 25.4 Å². The summed E-state index contributed by atoms with van der Waals surface area (Å²) >= 11 is 0. The molecule has 0 fully saturated rings. The van der Waals surface area contributed by atoms with Gasteiger partial charge in [0.15, 0.2) is 5.90 Å². The van der Waals surface area contributed by atoms with Crippen LogP contribution in [0.5, 0.6) is 0 Å². The highest BCUT2D eigenvalue weighted by Crippen LogP contribution is 2.09. The van der Waals surface area contributed by atoms with Gasteiger partial charge in [-0.3, -0.25) is 9.79 Å². The Bertz CT molecular complexity index is 281. The molecule has 1 rings (SSSR count). The molecule has 1 N–H and O–H groups in total. The molecule has 1 aliphatic heterocycles. The highest BCUT2D eigenvalue weighted by atomic mass is 16.6. The molecular formula is C11H20N2O3. The Morgan fingerprint density at radius 2 is 2.19 bits per heavy atom. The summed E-state index contributed by atoms with van der Waals surface area (Å²) in [7, 11) is 1.59. The summed E-state index contributed by atoms with van der Waals surface area (Å²) in [6.45, 7) is 6.61. The summed E-state index contributed by atoms with van der Waals surface area (Å²) in [5.74, 6) is 0.423. The number of nitrogens with one attached hydrogen (secondary N) is 1. The molecule has 0 saturated carbocycles. The molecule has 0 amide bonds. The average Bonchev–Trinajstić information content (AvgIpc) is 2.39. The van der Waals surface area contributed by atoms with Crippen molar-refractivity contribution in [3.05, 3.63) is 0 Å². The third-order valence-corrected chi connectivity index (χ3v) is 2.11. The second-order valence-electron chi connectivity index (χ2n) is 4.73. The largest absolute Gasteiger partial charge is 0.484 e. The smallest absolute Gasteiger partial charge is 0.325 e. The fraction of sp³-hybridized carbons (Fsp3) is 0.818. The van der Waals surface area contributed by atoms with Crippen molar-refractivity contribution < 1.29 is 14.3 Å². The standard InChI is InChI=1S/C11H20N2O3/c1-11(2,3)16-10(14)8-7-13-9(15-4)5-6-12-8/h8,12H,5-7H2,1-4H3. The molecule has 1 unspecified atom stereocenters. The lowest BCUT2D eigenvalue weighted by Gasteiger charge is -2.23. The zero-order chi connectivity index (χ0) is 12.2. The van der Waals surface area contributed by atoms with Crippen molar-refractivity contribution in [1.82, 2.24) is 5.32 Å². The van der Waals surface area contributed by atoms with E-state index >= 15 is 0 Å². The molecule has 92 valence electrons. The monoisotopic (exact) mass is 228 g/mol. The second-order valence-corrected chi connectivity index (χ2v) is 4.73. The SMILES string of the molecule is COC1=NCC(C(=O)OC(C)(C)C)NCC1. The van der Waals surface area contributed by atoms with Crippen LogP contribution in [0.3, 0.4) is 0 Å². The van der Waals surface area contributed by atoms with Crippen LogP contribution in [-0.2, 0) is 14.3 Å². The Kier molecular flexibility index (Phi) is 4.29. The molecule has 1 aliphatic rings. The molecule has 0 saturated heterocycles. The van der Waals surface area contributed by atoms with Crippen molar-refractivity contribution in [2.45, 2.75) is 38.8 Å². The summed E-state index contributed by atoms with van der Waals surface area (Å²) in [5, 5.41) is 3.10. The molecule has 0 radical (unpaired) electrons. The van der Waals surface area contributed by atoms with E-state index < -0.39 is 5.60 Å².